The van der Waals surface area contributed by atoms with Crippen molar-refractivity contribution in [1.82, 2.24) is 5.01 Å². The molecule has 1 unspecified atom stereocenters. The summed E-state index contributed by atoms with van der Waals surface area (Å²) in [6.07, 6.45) is 0.00252. The van der Waals surface area contributed by atoms with Crippen LogP contribution in [-0.2, 0) is 0 Å². The number of alkyl halides is 1. The quantitative estimate of drug-likeness (QED) is 0.260. The summed E-state index contributed by atoms with van der Waals surface area (Å²) in [6, 6.07) is 0. The Kier molecular flexibility index (Phi) is 1.59. The van der Waals surface area contributed by atoms with Gasteiger partial charge in [-0.2, -0.15) is 0 Å². The third-order valence-corrected chi connectivity index (χ3v) is 2.04. The van der Waals surface area contributed by atoms with Crippen LogP contribution in [0.3, 0.4) is 0 Å². The largest absolute Gasteiger partial charge is 0.423 e. The Morgan fingerprint density at radius 3 is 2.09 bits per heavy atom. The number of hydrogen-bond donors (Lipinski definition) is 0. The summed E-state index contributed by atoms with van der Waals surface area (Å²) in [4.78, 5) is 19.3. The first kappa shape index (κ1) is 7.99. The summed E-state index contributed by atoms with van der Waals surface area (Å²) < 4.78 is 0. The van der Waals surface area contributed by atoms with Crippen LogP contribution in [0.2, 0.25) is 0 Å². The molecular weight excluding hydrogens is 178 g/mol. The number of halogens is 1. The van der Waals surface area contributed by atoms with Gasteiger partial charge in [-0.15, -0.1) is 0 Å². The lowest BCUT2D eigenvalue weighted by atomic mass is 10.2. The maximum Gasteiger partial charge on any atom is 0.423 e. The lowest BCUT2D eigenvalue weighted by molar-refractivity contribution is -0.767. The second-order valence-electron chi connectivity index (χ2n) is 2.09. The molecule has 1 saturated heterocycles. The van der Waals surface area contributed by atoms with Gasteiger partial charge >= 0.3 is 5.12 Å². The first-order chi connectivity index (χ1) is 4.98. The molecule has 0 aliphatic carbocycles. The number of hydrazine groups is 1. The van der Waals surface area contributed by atoms with E-state index in [2.05, 4.69) is 0 Å². The van der Waals surface area contributed by atoms with Gasteiger partial charge < -0.3 is 0 Å². The molecule has 1 rings (SSSR count). The van der Waals surface area contributed by atoms with Crippen LogP contribution in [0, 0.1) is 20.2 Å². The van der Waals surface area contributed by atoms with Crippen LogP contribution < -0.4 is 0 Å². The average molecular weight is 182 g/mol. The van der Waals surface area contributed by atoms with E-state index >= 15 is 0 Å². The van der Waals surface area contributed by atoms with Gasteiger partial charge in [-0.3, -0.25) is 10.1 Å². The molecule has 0 N–H and O–H groups in total. The van der Waals surface area contributed by atoms with E-state index in [1.54, 1.807) is 0 Å². The van der Waals surface area contributed by atoms with Crippen LogP contribution in [-0.4, -0.2) is 26.6 Å². The van der Waals surface area contributed by atoms with Crippen molar-refractivity contribution in [3.63, 3.8) is 0 Å². The lowest BCUT2D eigenvalue weighted by Crippen LogP contribution is -2.62. The SMILES string of the molecule is O=[N+]([O-])N1CCC1(Cl)[N+](=O)[O-]. The molecule has 1 aliphatic rings. The normalized spacial score (nSPS) is 29.4. The number of rotatable bonds is 2. The van der Waals surface area contributed by atoms with Crippen molar-refractivity contribution in [3.8, 4) is 0 Å². The molecule has 62 valence electrons. The Hall–Kier alpha value is -1.11. The highest BCUT2D eigenvalue weighted by atomic mass is 35.5. The topological polar surface area (TPSA) is 89.5 Å². The maximum absolute atomic E-state index is 10.1. The van der Waals surface area contributed by atoms with Gasteiger partial charge in [0.05, 0.1) is 17.9 Å². The van der Waals surface area contributed by atoms with E-state index in [0.29, 0.717) is 5.01 Å². The van der Waals surface area contributed by atoms with Crippen molar-refractivity contribution < 1.29 is 9.96 Å². The highest BCUT2D eigenvalue weighted by Gasteiger charge is 2.62. The van der Waals surface area contributed by atoms with Crippen LogP contribution in [0.5, 0.6) is 0 Å². The fraction of sp³-hybridized carbons (Fsp3) is 1.00. The average Bonchev–Trinajstić information content (AvgIpc) is 1.82. The second kappa shape index (κ2) is 2.19. The van der Waals surface area contributed by atoms with Crippen molar-refractivity contribution in [2.45, 2.75) is 11.5 Å². The lowest BCUT2D eigenvalue weighted by Gasteiger charge is -2.32. The molecule has 0 saturated carbocycles. The standard InChI is InChI=1S/C3H4ClN3O4/c4-3(6(8)9)1-2-5(3)7(10)11/h1-2H2. The molecule has 0 aromatic carbocycles. The van der Waals surface area contributed by atoms with E-state index in [4.69, 9.17) is 11.6 Å². The zero-order valence-electron chi connectivity index (χ0n) is 5.27. The first-order valence-electron chi connectivity index (χ1n) is 2.74. The third-order valence-electron chi connectivity index (χ3n) is 1.51. The summed E-state index contributed by atoms with van der Waals surface area (Å²) in [7, 11) is 0. The predicted molar refractivity (Wildman–Crippen MR) is 33.9 cm³/mol. The molecule has 1 heterocycles. The smallest absolute Gasteiger partial charge is 0.261 e. The van der Waals surface area contributed by atoms with E-state index < -0.39 is 15.1 Å². The van der Waals surface area contributed by atoms with Gasteiger partial charge in [-0.05, 0) is 16.6 Å². The predicted octanol–water partition coefficient (Wildman–Crippen LogP) is 0.0531. The molecule has 7 nitrogen and oxygen atoms in total. The van der Waals surface area contributed by atoms with Gasteiger partial charge in [0, 0.05) is 0 Å². The van der Waals surface area contributed by atoms with Crippen molar-refractivity contribution in [3.05, 3.63) is 20.2 Å². The zero-order chi connectivity index (χ0) is 8.65. The molecule has 11 heavy (non-hydrogen) atoms. The summed E-state index contributed by atoms with van der Waals surface area (Å²) in [6.45, 7) is 0.0253. The molecule has 1 atom stereocenters. The summed E-state index contributed by atoms with van der Waals surface area (Å²) in [5, 5.41) is 17.7. The molecule has 0 aromatic rings. The van der Waals surface area contributed by atoms with Crippen molar-refractivity contribution >= 4 is 11.6 Å². The van der Waals surface area contributed by atoms with Crippen LogP contribution in [0.15, 0.2) is 0 Å². The monoisotopic (exact) mass is 181 g/mol. The van der Waals surface area contributed by atoms with E-state index in [9.17, 15) is 20.2 Å². The molecule has 0 radical (unpaired) electrons. The van der Waals surface area contributed by atoms with Crippen molar-refractivity contribution in [1.29, 1.82) is 0 Å². The maximum atomic E-state index is 10.1. The molecule has 0 amide bonds. The molecule has 8 heteroatoms. The Labute approximate surface area is 65.8 Å². The van der Waals surface area contributed by atoms with Crippen LogP contribution in [0.4, 0.5) is 0 Å². The van der Waals surface area contributed by atoms with Crippen molar-refractivity contribution in [2.24, 2.45) is 0 Å². The molecule has 0 spiro atoms. The number of hydrogen-bond acceptors (Lipinski definition) is 4. The zero-order valence-corrected chi connectivity index (χ0v) is 6.02. The molecular formula is C3H4ClN3O4. The highest BCUT2D eigenvalue weighted by molar-refractivity contribution is 6.22. The number of nitrogens with zero attached hydrogens (tertiary/aromatic N) is 3. The van der Waals surface area contributed by atoms with Gasteiger partial charge in [0.15, 0.2) is 5.03 Å². The van der Waals surface area contributed by atoms with Crippen LogP contribution in [0.25, 0.3) is 0 Å². The Balaban J connectivity index is 2.75. The summed E-state index contributed by atoms with van der Waals surface area (Å²) >= 11 is 5.29. The molecule has 1 aliphatic heterocycles. The fourth-order valence-corrected chi connectivity index (χ4v) is 1.02. The number of nitro groups is 2. The van der Waals surface area contributed by atoms with E-state index in [-0.39, 0.29) is 13.0 Å². The Morgan fingerprint density at radius 1 is 1.45 bits per heavy atom. The van der Waals surface area contributed by atoms with E-state index in [1.165, 1.54) is 0 Å². The van der Waals surface area contributed by atoms with Gasteiger partial charge in [0.2, 0.25) is 0 Å². The first-order valence-corrected chi connectivity index (χ1v) is 3.11. The minimum Gasteiger partial charge on any atom is -0.261 e. The van der Waals surface area contributed by atoms with Gasteiger partial charge in [0.1, 0.15) is 0 Å². The van der Waals surface area contributed by atoms with Gasteiger partial charge in [-0.25, -0.2) is 10.1 Å². The Bertz CT molecular complexity index is 221. The minimum absolute atomic E-state index is 0.00252. The highest BCUT2D eigenvalue weighted by Crippen LogP contribution is 2.34. The summed E-state index contributed by atoms with van der Waals surface area (Å²) in [5.41, 5.74) is 0. The molecule has 0 bridgehead atoms. The summed E-state index contributed by atoms with van der Waals surface area (Å²) in [5.74, 6) is 0. The molecule has 1 fully saturated rings. The van der Waals surface area contributed by atoms with Crippen LogP contribution in [0.1, 0.15) is 6.42 Å². The van der Waals surface area contributed by atoms with Gasteiger partial charge in [-0.1, -0.05) is 0 Å². The van der Waals surface area contributed by atoms with Crippen LogP contribution >= 0.6 is 11.6 Å². The van der Waals surface area contributed by atoms with Gasteiger partial charge in [0.25, 0.3) is 0 Å². The fourth-order valence-electron chi connectivity index (χ4n) is 0.789. The van der Waals surface area contributed by atoms with E-state index in [1.807, 2.05) is 0 Å². The Morgan fingerprint density at radius 2 is 2.00 bits per heavy atom. The third kappa shape index (κ3) is 0.967. The minimum atomic E-state index is -2.01. The molecule has 0 aromatic heterocycles. The van der Waals surface area contributed by atoms with Crippen molar-refractivity contribution in [2.75, 3.05) is 6.54 Å². The van der Waals surface area contributed by atoms with E-state index in [0.717, 1.165) is 0 Å². The second-order valence-corrected chi connectivity index (χ2v) is 2.69.